The number of pyridine rings is 2. The number of anilines is 1. The summed E-state index contributed by atoms with van der Waals surface area (Å²) in [7, 11) is 0. The molecule has 0 saturated heterocycles. The highest BCUT2D eigenvalue weighted by Gasteiger charge is 2.21. The third kappa shape index (κ3) is 3.38. The van der Waals surface area contributed by atoms with Crippen molar-refractivity contribution in [3.05, 3.63) is 76.4 Å². The molecular formula is C23H22N6O. The maximum Gasteiger partial charge on any atom is 0.163 e. The lowest BCUT2D eigenvalue weighted by atomic mass is 10.1. The summed E-state index contributed by atoms with van der Waals surface area (Å²) < 4.78 is 1.75. The Hall–Kier alpha value is -3.76. The van der Waals surface area contributed by atoms with Crippen molar-refractivity contribution >= 4 is 16.7 Å². The molecule has 0 aliphatic heterocycles. The molecule has 7 heteroatoms. The average molecular weight is 398 g/mol. The number of aliphatic hydroxyl groups excluding tert-OH is 1. The lowest BCUT2D eigenvalue weighted by molar-refractivity contribution is 0.209. The van der Waals surface area contributed by atoms with Crippen LogP contribution < -0.4 is 5.32 Å². The number of hydrogen-bond acceptors (Lipinski definition) is 6. The normalized spacial score (nSPS) is 12.0. The third-order valence-electron chi connectivity index (χ3n) is 5.14. The maximum absolute atomic E-state index is 11.1. The minimum atomic E-state index is -0.951. The molecule has 3 heterocycles. The van der Waals surface area contributed by atoms with Gasteiger partial charge in [0.1, 0.15) is 0 Å². The summed E-state index contributed by atoms with van der Waals surface area (Å²) in [6, 6.07) is 13.1. The number of hydrogen-bond donors (Lipinski definition) is 2. The summed E-state index contributed by atoms with van der Waals surface area (Å²) in [5, 5.41) is 28.8. The Bertz CT molecular complexity index is 1260. The first-order valence-electron chi connectivity index (χ1n) is 9.63. The Morgan fingerprint density at radius 2 is 1.80 bits per heavy atom. The Morgan fingerprint density at radius 3 is 2.47 bits per heavy atom. The predicted molar refractivity (Wildman–Crippen MR) is 115 cm³/mol. The number of benzene rings is 1. The molecule has 0 amide bonds. The van der Waals surface area contributed by atoms with Crippen LogP contribution in [0.3, 0.4) is 0 Å². The second-order valence-electron chi connectivity index (χ2n) is 7.34. The maximum atomic E-state index is 11.1. The highest BCUT2D eigenvalue weighted by atomic mass is 16.3. The fraction of sp³-hybridized carbons (Fsp3) is 0.217. The minimum absolute atomic E-state index is 0.582. The first-order chi connectivity index (χ1) is 14.4. The lowest BCUT2D eigenvalue weighted by Gasteiger charge is -2.19. The van der Waals surface area contributed by atoms with Crippen LogP contribution in [-0.2, 0) is 0 Å². The van der Waals surface area contributed by atoms with E-state index in [1.165, 1.54) is 0 Å². The number of fused-ring (bicyclic) bond motifs is 1. The summed E-state index contributed by atoms with van der Waals surface area (Å²) in [4.78, 5) is 9.00. The van der Waals surface area contributed by atoms with Crippen molar-refractivity contribution in [1.82, 2.24) is 19.7 Å². The molecular weight excluding hydrogens is 376 g/mol. The molecule has 3 aromatic heterocycles. The van der Waals surface area contributed by atoms with Gasteiger partial charge in [-0.2, -0.15) is 10.4 Å². The smallest absolute Gasteiger partial charge is 0.163 e. The van der Waals surface area contributed by atoms with Crippen LogP contribution in [0, 0.1) is 39.0 Å². The zero-order valence-corrected chi connectivity index (χ0v) is 17.3. The zero-order chi connectivity index (χ0) is 21.4. The molecule has 1 atom stereocenters. The van der Waals surface area contributed by atoms with Gasteiger partial charge in [0.25, 0.3) is 0 Å². The van der Waals surface area contributed by atoms with Crippen LogP contribution in [0.25, 0.3) is 16.7 Å². The van der Waals surface area contributed by atoms with Crippen molar-refractivity contribution in [1.29, 1.82) is 5.26 Å². The summed E-state index contributed by atoms with van der Waals surface area (Å²) in [5.41, 5.74) is 6.92. The molecule has 30 heavy (non-hydrogen) atoms. The van der Waals surface area contributed by atoms with E-state index in [1.54, 1.807) is 23.0 Å². The molecule has 0 radical (unpaired) electrons. The van der Waals surface area contributed by atoms with Gasteiger partial charge >= 0.3 is 0 Å². The molecule has 0 saturated carbocycles. The van der Waals surface area contributed by atoms with E-state index in [2.05, 4.69) is 26.5 Å². The molecule has 0 bridgehead atoms. The molecule has 4 rings (SSSR count). The van der Waals surface area contributed by atoms with E-state index < -0.39 is 6.23 Å². The molecule has 2 N–H and O–H groups in total. The average Bonchev–Trinajstić information content (AvgIpc) is 3.06. The van der Waals surface area contributed by atoms with E-state index >= 15 is 0 Å². The van der Waals surface area contributed by atoms with E-state index in [0.29, 0.717) is 16.8 Å². The van der Waals surface area contributed by atoms with Crippen LogP contribution in [0.5, 0.6) is 0 Å². The van der Waals surface area contributed by atoms with Crippen molar-refractivity contribution in [3.8, 4) is 11.8 Å². The summed E-state index contributed by atoms with van der Waals surface area (Å²) in [6.45, 7) is 7.67. The van der Waals surface area contributed by atoms with Crippen molar-refractivity contribution < 1.29 is 5.11 Å². The standard InChI is InChI=1S/C23H22N6O/c1-13-9-10-25-16(4)21(13)27-23(30)19-11-14(2)26-22-20(19)15(3)28-29(22)18-7-5-17(12-24)6-8-18/h5-11,23,27,30H,1-4H3. The Balaban J connectivity index is 1.83. The Morgan fingerprint density at radius 1 is 1.07 bits per heavy atom. The minimum Gasteiger partial charge on any atom is -0.369 e. The van der Waals surface area contributed by atoms with Crippen molar-refractivity contribution in [3.63, 3.8) is 0 Å². The van der Waals surface area contributed by atoms with Gasteiger partial charge in [0.15, 0.2) is 11.9 Å². The van der Waals surface area contributed by atoms with Gasteiger partial charge in [0.2, 0.25) is 0 Å². The van der Waals surface area contributed by atoms with Crippen LogP contribution in [0.2, 0.25) is 0 Å². The van der Waals surface area contributed by atoms with Crippen LogP contribution in [0.1, 0.15) is 40.0 Å². The van der Waals surface area contributed by atoms with E-state index in [-0.39, 0.29) is 0 Å². The van der Waals surface area contributed by atoms with Crippen LogP contribution in [0.4, 0.5) is 5.69 Å². The molecule has 4 aromatic rings. The van der Waals surface area contributed by atoms with Gasteiger partial charge in [0, 0.05) is 17.5 Å². The number of aryl methyl sites for hydroxylation is 4. The van der Waals surface area contributed by atoms with Gasteiger partial charge in [-0.3, -0.25) is 4.98 Å². The van der Waals surface area contributed by atoms with Gasteiger partial charge in [-0.15, -0.1) is 0 Å². The van der Waals surface area contributed by atoms with E-state index in [1.807, 2.05) is 52.0 Å². The number of rotatable bonds is 4. The van der Waals surface area contributed by atoms with Gasteiger partial charge in [-0.1, -0.05) is 0 Å². The fourth-order valence-electron chi connectivity index (χ4n) is 3.65. The summed E-state index contributed by atoms with van der Waals surface area (Å²) >= 11 is 0. The second-order valence-corrected chi connectivity index (χ2v) is 7.34. The molecule has 0 aliphatic carbocycles. The number of nitrogens with zero attached hydrogens (tertiary/aromatic N) is 5. The number of aliphatic hydroxyl groups is 1. The topological polar surface area (TPSA) is 99.6 Å². The molecule has 150 valence electrons. The van der Waals surface area contributed by atoms with Gasteiger partial charge in [-0.05, 0) is 69.7 Å². The highest BCUT2D eigenvalue weighted by Crippen LogP contribution is 2.31. The van der Waals surface area contributed by atoms with Gasteiger partial charge in [-0.25, -0.2) is 9.67 Å². The predicted octanol–water partition coefficient (Wildman–Crippen LogP) is 4.02. The number of aromatic nitrogens is 4. The van der Waals surface area contributed by atoms with Gasteiger partial charge in [0.05, 0.1) is 39.8 Å². The number of nitrogens with one attached hydrogen (secondary N) is 1. The first kappa shape index (κ1) is 19.6. The molecule has 1 unspecified atom stereocenters. The van der Waals surface area contributed by atoms with E-state index in [9.17, 15) is 5.11 Å². The molecule has 0 aliphatic rings. The Labute approximate surface area is 174 Å². The molecule has 7 nitrogen and oxygen atoms in total. The lowest BCUT2D eigenvalue weighted by Crippen LogP contribution is -2.13. The molecule has 0 spiro atoms. The van der Waals surface area contributed by atoms with Crippen LogP contribution in [0.15, 0.2) is 42.6 Å². The Kier molecular flexibility index (Phi) is 4.94. The van der Waals surface area contributed by atoms with E-state index in [0.717, 1.165) is 39.4 Å². The quantitative estimate of drug-likeness (QED) is 0.504. The molecule has 1 aromatic carbocycles. The van der Waals surface area contributed by atoms with Crippen LogP contribution >= 0.6 is 0 Å². The SMILES string of the molecule is Cc1cc(C(O)Nc2c(C)ccnc2C)c2c(C)nn(-c3ccc(C#N)cc3)c2n1. The first-order valence-corrected chi connectivity index (χ1v) is 9.63. The third-order valence-corrected chi connectivity index (χ3v) is 5.14. The largest absolute Gasteiger partial charge is 0.369 e. The van der Waals surface area contributed by atoms with Gasteiger partial charge < -0.3 is 10.4 Å². The summed E-state index contributed by atoms with van der Waals surface area (Å²) in [6.07, 6.45) is 0.802. The highest BCUT2D eigenvalue weighted by molar-refractivity contribution is 5.84. The molecule has 0 fully saturated rings. The zero-order valence-electron chi connectivity index (χ0n) is 17.3. The summed E-state index contributed by atoms with van der Waals surface area (Å²) in [5.74, 6) is 0. The van der Waals surface area contributed by atoms with Crippen molar-refractivity contribution in [2.45, 2.75) is 33.9 Å². The van der Waals surface area contributed by atoms with Crippen molar-refractivity contribution in [2.75, 3.05) is 5.32 Å². The second kappa shape index (κ2) is 7.58. The van der Waals surface area contributed by atoms with Crippen molar-refractivity contribution in [2.24, 2.45) is 0 Å². The fourth-order valence-corrected chi connectivity index (χ4v) is 3.65. The number of nitriles is 1. The van der Waals surface area contributed by atoms with Crippen LogP contribution in [-0.4, -0.2) is 24.9 Å². The monoisotopic (exact) mass is 398 g/mol. The van der Waals surface area contributed by atoms with E-state index in [4.69, 9.17) is 5.26 Å².